The number of Topliss-reactive ketones (excluding diaryl/α,β-unsaturated/α-hetero) is 3. The van der Waals surface area contributed by atoms with Crippen molar-refractivity contribution in [1.82, 2.24) is 0 Å². The van der Waals surface area contributed by atoms with Gasteiger partial charge in [0.2, 0.25) is 11.6 Å². The van der Waals surface area contributed by atoms with Crippen LogP contribution in [0.15, 0.2) is 60.7 Å². The molecule has 0 saturated heterocycles. The molecular weight excluding hydrogens is 336 g/mol. The highest BCUT2D eigenvalue weighted by molar-refractivity contribution is 6.49. The van der Waals surface area contributed by atoms with Crippen molar-refractivity contribution in [3.8, 4) is 0 Å². The van der Waals surface area contributed by atoms with Gasteiger partial charge in [-0.1, -0.05) is 81.4 Å². The van der Waals surface area contributed by atoms with Crippen molar-refractivity contribution < 1.29 is 14.4 Å². The van der Waals surface area contributed by atoms with Gasteiger partial charge in [0.15, 0.2) is 0 Å². The summed E-state index contributed by atoms with van der Waals surface area (Å²) in [6, 6.07) is 17.2. The highest BCUT2D eigenvalue weighted by Crippen LogP contribution is 2.63. The molecular formula is C24H26O3. The monoisotopic (exact) mass is 362 g/mol. The van der Waals surface area contributed by atoms with E-state index in [-0.39, 0.29) is 10.8 Å². The second kappa shape index (κ2) is 7.22. The summed E-state index contributed by atoms with van der Waals surface area (Å²) in [7, 11) is 0. The van der Waals surface area contributed by atoms with Gasteiger partial charge in [-0.05, 0) is 24.2 Å². The van der Waals surface area contributed by atoms with Crippen LogP contribution in [0.1, 0.15) is 60.7 Å². The molecule has 0 spiro atoms. The highest BCUT2D eigenvalue weighted by atomic mass is 16.2. The topological polar surface area (TPSA) is 51.2 Å². The molecule has 0 N–H and O–H groups in total. The fourth-order valence-electron chi connectivity index (χ4n) is 4.34. The van der Waals surface area contributed by atoms with Crippen molar-refractivity contribution in [2.75, 3.05) is 0 Å². The van der Waals surface area contributed by atoms with Crippen LogP contribution in [-0.2, 0) is 4.79 Å². The molecule has 0 heterocycles. The number of hydrogen-bond donors (Lipinski definition) is 0. The number of carbonyl (C=O) groups excluding carboxylic acids is 3. The van der Waals surface area contributed by atoms with E-state index in [9.17, 15) is 14.4 Å². The van der Waals surface area contributed by atoms with Crippen molar-refractivity contribution in [2.45, 2.75) is 40.0 Å². The van der Waals surface area contributed by atoms with Crippen LogP contribution in [-0.4, -0.2) is 17.3 Å². The summed E-state index contributed by atoms with van der Waals surface area (Å²) in [4.78, 5) is 35.2. The molecule has 27 heavy (non-hydrogen) atoms. The van der Waals surface area contributed by atoms with Crippen LogP contribution in [0, 0.1) is 16.7 Å². The van der Waals surface area contributed by atoms with Crippen molar-refractivity contribution in [3.63, 3.8) is 0 Å². The lowest BCUT2D eigenvalue weighted by molar-refractivity contribution is -0.128. The van der Waals surface area contributed by atoms with Crippen LogP contribution < -0.4 is 0 Å². The van der Waals surface area contributed by atoms with Gasteiger partial charge in [0, 0.05) is 23.0 Å². The Kier molecular flexibility index (Phi) is 5.14. The summed E-state index contributed by atoms with van der Waals surface area (Å²) < 4.78 is 0. The van der Waals surface area contributed by atoms with Gasteiger partial charge in [0.05, 0.1) is 0 Å². The van der Waals surface area contributed by atoms with Crippen LogP contribution in [0.3, 0.4) is 0 Å². The minimum absolute atomic E-state index is 0.0255. The number of fused-ring (bicyclic) bond motifs is 2. The number of carbonyl (C=O) groups is 3. The van der Waals surface area contributed by atoms with E-state index in [0.29, 0.717) is 22.8 Å². The van der Waals surface area contributed by atoms with E-state index in [0.717, 1.165) is 12.8 Å². The molecule has 0 aromatic heterocycles. The summed E-state index contributed by atoms with van der Waals surface area (Å²) in [5.74, 6) is 0.261. The van der Waals surface area contributed by atoms with Crippen LogP contribution in [0.4, 0.5) is 0 Å². The van der Waals surface area contributed by atoms with Crippen LogP contribution in [0.2, 0.25) is 0 Å². The summed E-state index contributed by atoms with van der Waals surface area (Å²) >= 11 is 0. The van der Waals surface area contributed by atoms with Crippen LogP contribution in [0.25, 0.3) is 0 Å². The van der Waals surface area contributed by atoms with Crippen LogP contribution >= 0.6 is 0 Å². The predicted octanol–water partition coefficient (Wildman–Crippen LogP) is 5.15. The first-order chi connectivity index (χ1) is 12.8. The maximum Gasteiger partial charge on any atom is 0.233 e. The standard InChI is InChI=1S/C14H10O2.C10H16O/c15-13(11-7-3-1-4-8-11)14(16)12-9-5-2-6-10-12;1-9(2)7-4-5-10(9,3)8(11)6-7/h1-10H;7H,4-6H2,1-3H3. The third kappa shape index (κ3) is 3.39. The Morgan fingerprint density at radius 3 is 1.52 bits per heavy atom. The van der Waals surface area contributed by atoms with E-state index in [4.69, 9.17) is 0 Å². The Hall–Kier alpha value is -2.55. The third-order valence-electron chi connectivity index (χ3n) is 6.76. The van der Waals surface area contributed by atoms with Crippen molar-refractivity contribution >= 4 is 17.3 Å². The number of hydrogen-bond acceptors (Lipinski definition) is 3. The largest absolute Gasteiger partial charge is 0.299 e. The summed E-state index contributed by atoms with van der Waals surface area (Å²) in [6.45, 7) is 6.67. The lowest BCUT2D eigenvalue weighted by atomic mass is 9.70. The molecule has 2 unspecified atom stereocenters. The van der Waals surface area contributed by atoms with E-state index < -0.39 is 11.6 Å². The maximum atomic E-state index is 11.8. The molecule has 140 valence electrons. The Balaban J connectivity index is 0.000000166. The molecule has 2 aromatic rings. The normalized spacial score (nSPS) is 24.9. The van der Waals surface area contributed by atoms with Gasteiger partial charge in [-0.25, -0.2) is 0 Å². The molecule has 2 fully saturated rings. The Bertz CT molecular complexity index is 802. The van der Waals surface area contributed by atoms with Gasteiger partial charge >= 0.3 is 0 Å². The fourth-order valence-corrected chi connectivity index (χ4v) is 4.34. The molecule has 0 aliphatic heterocycles. The smallest absolute Gasteiger partial charge is 0.233 e. The number of ketones is 3. The van der Waals surface area contributed by atoms with E-state index in [1.54, 1.807) is 48.5 Å². The van der Waals surface area contributed by atoms with Crippen molar-refractivity contribution in [3.05, 3.63) is 71.8 Å². The average Bonchev–Trinajstić information content (AvgIpc) is 3.02. The number of rotatable bonds is 3. The molecule has 2 aliphatic rings. The summed E-state index contributed by atoms with van der Waals surface area (Å²) in [5.41, 5.74) is 1.16. The zero-order chi connectivity index (χ0) is 19.7. The molecule has 0 radical (unpaired) electrons. The third-order valence-corrected chi connectivity index (χ3v) is 6.76. The molecule has 4 rings (SSSR count). The zero-order valence-electron chi connectivity index (χ0n) is 16.2. The van der Waals surface area contributed by atoms with Crippen molar-refractivity contribution in [2.24, 2.45) is 16.7 Å². The first kappa shape index (κ1) is 19.2. The Morgan fingerprint density at radius 2 is 1.26 bits per heavy atom. The van der Waals surface area contributed by atoms with Gasteiger partial charge < -0.3 is 0 Å². The first-order valence-corrected chi connectivity index (χ1v) is 9.50. The lowest BCUT2D eigenvalue weighted by Gasteiger charge is -2.32. The lowest BCUT2D eigenvalue weighted by Crippen LogP contribution is -2.32. The van der Waals surface area contributed by atoms with Gasteiger partial charge in [0.1, 0.15) is 5.78 Å². The molecule has 2 saturated carbocycles. The molecule has 2 bridgehead atoms. The summed E-state index contributed by atoms with van der Waals surface area (Å²) in [6.07, 6.45) is 3.25. The molecule has 2 aliphatic carbocycles. The van der Waals surface area contributed by atoms with Gasteiger partial charge in [-0.15, -0.1) is 0 Å². The summed E-state index contributed by atoms with van der Waals surface area (Å²) in [5, 5.41) is 0. The highest BCUT2D eigenvalue weighted by Gasteiger charge is 2.61. The van der Waals surface area contributed by atoms with Gasteiger partial charge in [-0.3, -0.25) is 14.4 Å². The quantitative estimate of drug-likeness (QED) is 0.560. The SMILES string of the molecule is CC12CCC(CC1=O)C2(C)C.O=C(C(=O)c1ccccc1)c1ccccc1. The minimum atomic E-state index is -0.466. The van der Waals surface area contributed by atoms with Gasteiger partial charge in [0.25, 0.3) is 0 Å². The number of benzene rings is 2. The van der Waals surface area contributed by atoms with Crippen LogP contribution in [0.5, 0.6) is 0 Å². The molecule has 0 amide bonds. The van der Waals surface area contributed by atoms with E-state index >= 15 is 0 Å². The Labute approximate surface area is 160 Å². The molecule has 2 atom stereocenters. The van der Waals surface area contributed by atoms with E-state index in [2.05, 4.69) is 20.8 Å². The fraction of sp³-hybridized carbons (Fsp3) is 0.375. The first-order valence-electron chi connectivity index (χ1n) is 9.50. The molecule has 3 nitrogen and oxygen atoms in total. The van der Waals surface area contributed by atoms with E-state index in [1.807, 2.05) is 12.1 Å². The zero-order valence-corrected chi connectivity index (χ0v) is 16.2. The second-order valence-corrected chi connectivity index (χ2v) is 8.31. The average molecular weight is 362 g/mol. The van der Waals surface area contributed by atoms with Crippen molar-refractivity contribution in [1.29, 1.82) is 0 Å². The molecule has 2 aromatic carbocycles. The maximum absolute atomic E-state index is 11.8. The predicted molar refractivity (Wildman–Crippen MR) is 106 cm³/mol. The Morgan fingerprint density at radius 1 is 0.815 bits per heavy atom. The van der Waals surface area contributed by atoms with E-state index in [1.165, 1.54) is 6.42 Å². The molecule has 3 heteroatoms. The second-order valence-electron chi connectivity index (χ2n) is 8.31. The minimum Gasteiger partial charge on any atom is -0.299 e. The van der Waals surface area contributed by atoms with Gasteiger partial charge in [-0.2, -0.15) is 0 Å².